The summed E-state index contributed by atoms with van der Waals surface area (Å²) in [6.07, 6.45) is 9.84. The summed E-state index contributed by atoms with van der Waals surface area (Å²) in [4.78, 5) is 2.63. The van der Waals surface area contributed by atoms with E-state index >= 15 is 0 Å². The highest BCUT2D eigenvalue weighted by atomic mass is 16.7. The number of ether oxygens (including phenoxy) is 4. The van der Waals surface area contributed by atoms with E-state index in [-0.39, 0.29) is 0 Å². The Kier molecular flexibility index (Phi) is 4.51. The van der Waals surface area contributed by atoms with Crippen LogP contribution in [0.15, 0.2) is 24.3 Å². The molecule has 6 rings (SSSR count). The molecule has 0 aromatic heterocycles. The maximum Gasteiger partial charge on any atom is 0.231 e. The van der Waals surface area contributed by atoms with Crippen LogP contribution in [0.5, 0.6) is 23.0 Å². The molecule has 5 nitrogen and oxygen atoms in total. The Morgan fingerprint density at radius 3 is 2.55 bits per heavy atom. The maximum atomic E-state index is 5.95. The average Bonchev–Trinajstić information content (AvgIpc) is 3.28. The lowest BCUT2D eigenvalue weighted by Crippen LogP contribution is -2.39. The molecule has 2 aromatic rings. The Bertz CT molecular complexity index is 1050. The number of benzene rings is 2. The van der Waals surface area contributed by atoms with Crippen LogP contribution in [0.25, 0.3) is 11.8 Å². The van der Waals surface area contributed by atoms with E-state index in [0.717, 1.165) is 36.0 Å². The Morgan fingerprint density at radius 2 is 1.77 bits per heavy atom. The molecule has 2 aromatic carbocycles. The van der Waals surface area contributed by atoms with Crippen molar-refractivity contribution in [2.24, 2.45) is 5.92 Å². The number of methoxy groups -OCH3 is 2. The Morgan fingerprint density at radius 1 is 0.968 bits per heavy atom. The number of hydrogen-bond acceptors (Lipinski definition) is 5. The summed E-state index contributed by atoms with van der Waals surface area (Å²) in [5, 5.41) is 0. The second-order valence-electron chi connectivity index (χ2n) is 8.98. The predicted octanol–water partition coefficient (Wildman–Crippen LogP) is 5.42. The van der Waals surface area contributed by atoms with Gasteiger partial charge >= 0.3 is 0 Å². The van der Waals surface area contributed by atoms with Gasteiger partial charge in [0.2, 0.25) is 6.79 Å². The first-order valence-corrected chi connectivity index (χ1v) is 11.4. The van der Waals surface area contributed by atoms with Gasteiger partial charge in [0.15, 0.2) is 23.0 Å². The van der Waals surface area contributed by atoms with Crippen molar-refractivity contribution >= 4 is 11.8 Å². The van der Waals surface area contributed by atoms with Crippen LogP contribution in [0.4, 0.5) is 0 Å². The summed E-state index contributed by atoms with van der Waals surface area (Å²) >= 11 is 0. The molecular formula is C26H29NO4. The van der Waals surface area contributed by atoms with Crippen LogP contribution in [0, 0.1) is 5.92 Å². The molecule has 3 aliphatic heterocycles. The van der Waals surface area contributed by atoms with E-state index in [1.807, 2.05) is 6.07 Å². The Hall–Kier alpha value is -2.82. The Balaban J connectivity index is 1.55. The minimum Gasteiger partial charge on any atom is -0.493 e. The van der Waals surface area contributed by atoms with Gasteiger partial charge < -0.3 is 23.8 Å². The third-order valence-electron chi connectivity index (χ3n) is 7.44. The highest BCUT2D eigenvalue weighted by Gasteiger charge is 2.40. The first kappa shape index (κ1) is 18.9. The third kappa shape index (κ3) is 2.89. The summed E-state index contributed by atoms with van der Waals surface area (Å²) in [6, 6.07) is 8.89. The average molecular weight is 420 g/mol. The molecule has 0 N–H and O–H groups in total. The predicted molar refractivity (Wildman–Crippen MR) is 120 cm³/mol. The van der Waals surface area contributed by atoms with Gasteiger partial charge in [-0.25, -0.2) is 0 Å². The number of fused-ring (bicyclic) bond motifs is 5. The van der Waals surface area contributed by atoms with Crippen molar-refractivity contribution in [2.45, 2.75) is 44.6 Å². The van der Waals surface area contributed by atoms with E-state index in [1.54, 1.807) is 14.2 Å². The second kappa shape index (κ2) is 7.40. The van der Waals surface area contributed by atoms with Gasteiger partial charge in [-0.2, -0.15) is 0 Å². The van der Waals surface area contributed by atoms with Crippen molar-refractivity contribution in [3.63, 3.8) is 0 Å². The van der Waals surface area contributed by atoms with Crippen LogP contribution in [0.3, 0.4) is 0 Å². The molecule has 162 valence electrons. The molecule has 0 saturated heterocycles. The lowest BCUT2D eigenvalue weighted by molar-refractivity contribution is 0.166. The Labute approximate surface area is 183 Å². The molecule has 4 aliphatic rings. The normalized spacial score (nSPS) is 21.7. The molecule has 3 heterocycles. The van der Waals surface area contributed by atoms with Crippen LogP contribution >= 0.6 is 0 Å². The van der Waals surface area contributed by atoms with Gasteiger partial charge in [-0.1, -0.05) is 25.3 Å². The van der Waals surface area contributed by atoms with Crippen LogP contribution in [-0.4, -0.2) is 32.5 Å². The highest BCUT2D eigenvalue weighted by molar-refractivity contribution is 5.88. The minimum absolute atomic E-state index is 0.305. The van der Waals surface area contributed by atoms with E-state index in [2.05, 4.69) is 29.2 Å². The quantitative estimate of drug-likeness (QED) is 0.664. The van der Waals surface area contributed by atoms with E-state index in [1.165, 1.54) is 60.1 Å². The smallest absolute Gasteiger partial charge is 0.231 e. The molecule has 0 bridgehead atoms. The van der Waals surface area contributed by atoms with Crippen molar-refractivity contribution in [3.05, 3.63) is 46.5 Å². The van der Waals surface area contributed by atoms with Gasteiger partial charge in [0.1, 0.15) is 0 Å². The number of nitrogens with zero attached hydrogens (tertiary/aromatic N) is 1. The van der Waals surface area contributed by atoms with Crippen molar-refractivity contribution in [1.29, 1.82) is 0 Å². The zero-order chi connectivity index (χ0) is 20.9. The SMILES string of the molecule is COc1ccc2c(c1OC)C(C1CCCCC1)N1CCc3cc4c(cc3C1=C2)OCO4. The first-order chi connectivity index (χ1) is 15.3. The molecule has 1 saturated carbocycles. The van der Waals surface area contributed by atoms with Crippen LogP contribution in [0.2, 0.25) is 0 Å². The fraction of sp³-hybridized carbons (Fsp3) is 0.462. The zero-order valence-electron chi connectivity index (χ0n) is 18.3. The van der Waals surface area contributed by atoms with Crippen molar-refractivity contribution in [2.75, 3.05) is 27.6 Å². The number of rotatable bonds is 3. The first-order valence-electron chi connectivity index (χ1n) is 11.4. The molecule has 1 atom stereocenters. The monoisotopic (exact) mass is 419 g/mol. The van der Waals surface area contributed by atoms with Crippen molar-refractivity contribution < 1.29 is 18.9 Å². The van der Waals surface area contributed by atoms with Gasteiger partial charge in [0.25, 0.3) is 0 Å². The number of hydrogen-bond donors (Lipinski definition) is 0. The molecule has 1 fully saturated rings. The maximum absolute atomic E-state index is 5.95. The summed E-state index contributed by atoms with van der Waals surface area (Å²) in [5.74, 6) is 4.06. The van der Waals surface area contributed by atoms with Gasteiger partial charge in [-0.15, -0.1) is 0 Å². The van der Waals surface area contributed by atoms with Crippen molar-refractivity contribution in [3.8, 4) is 23.0 Å². The van der Waals surface area contributed by atoms with E-state index in [9.17, 15) is 0 Å². The van der Waals surface area contributed by atoms with Crippen LogP contribution < -0.4 is 18.9 Å². The van der Waals surface area contributed by atoms with Crippen molar-refractivity contribution in [1.82, 2.24) is 4.90 Å². The fourth-order valence-corrected chi connectivity index (χ4v) is 6.04. The summed E-state index contributed by atoms with van der Waals surface area (Å²) in [7, 11) is 3.49. The van der Waals surface area contributed by atoms with Gasteiger partial charge in [-0.05, 0) is 60.6 Å². The molecule has 0 radical (unpaired) electrons. The largest absolute Gasteiger partial charge is 0.493 e. The molecule has 1 aliphatic carbocycles. The molecular weight excluding hydrogens is 390 g/mol. The van der Waals surface area contributed by atoms with Gasteiger partial charge in [0.05, 0.1) is 20.3 Å². The summed E-state index contributed by atoms with van der Waals surface area (Å²) in [6.45, 7) is 1.31. The van der Waals surface area contributed by atoms with Crippen LogP contribution in [0.1, 0.15) is 60.4 Å². The fourth-order valence-electron chi connectivity index (χ4n) is 6.04. The second-order valence-corrected chi connectivity index (χ2v) is 8.98. The minimum atomic E-state index is 0.305. The van der Waals surface area contributed by atoms with E-state index in [0.29, 0.717) is 18.8 Å². The van der Waals surface area contributed by atoms with E-state index < -0.39 is 0 Å². The standard InChI is InChI=1S/C26H29NO4/c1-28-21-9-8-18-12-20-19-14-23-22(30-15-31-23)13-17(19)10-11-27(20)25(24(18)26(21)29-2)16-6-4-3-5-7-16/h8-9,12-14,16,25H,3-7,10-11,15H2,1-2H3. The molecule has 31 heavy (non-hydrogen) atoms. The van der Waals surface area contributed by atoms with Gasteiger partial charge in [0, 0.05) is 23.4 Å². The molecule has 1 unspecified atom stereocenters. The summed E-state index contributed by atoms with van der Waals surface area (Å²) in [5.41, 5.74) is 6.45. The third-order valence-corrected chi connectivity index (χ3v) is 7.44. The highest BCUT2D eigenvalue weighted by Crippen LogP contribution is 2.53. The van der Waals surface area contributed by atoms with E-state index in [4.69, 9.17) is 18.9 Å². The lowest BCUT2D eigenvalue weighted by atomic mass is 9.75. The van der Waals surface area contributed by atoms with Crippen LogP contribution in [-0.2, 0) is 6.42 Å². The molecule has 0 spiro atoms. The van der Waals surface area contributed by atoms with Gasteiger partial charge in [-0.3, -0.25) is 0 Å². The lowest BCUT2D eigenvalue weighted by Gasteiger charge is -2.47. The molecule has 5 heteroatoms. The zero-order valence-corrected chi connectivity index (χ0v) is 18.3. The topological polar surface area (TPSA) is 40.2 Å². The molecule has 0 amide bonds. The summed E-state index contributed by atoms with van der Waals surface area (Å²) < 4.78 is 23.0.